The van der Waals surface area contributed by atoms with Gasteiger partial charge in [-0.05, 0) is 23.6 Å². The third kappa shape index (κ3) is 4.22. The predicted molar refractivity (Wildman–Crippen MR) is 81.0 cm³/mol. The van der Waals surface area contributed by atoms with Gasteiger partial charge in [0.25, 0.3) is 5.91 Å². The summed E-state index contributed by atoms with van der Waals surface area (Å²) in [6.07, 6.45) is 1.41. The highest BCUT2D eigenvalue weighted by molar-refractivity contribution is 5.94. The zero-order valence-corrected chi connectivity index (χ0v) is 12.6. The summed E-state index contributed by atoms with van der Waals surface area (Å²) in [6, 6.07) is 11.8. The third-order valence-corrected chi connectivity index (χ3v) is 3.18. The molecule has 1 aromatic carbocycles. The van der Waals surface area contributed by atoms with E-state index in [9.17, 15) is 9.59 Å². The molecule has 0 saturated heterocycles. The van der Waals surface area contributed by atoms with Gasteiger partial charge < -0.3 is 14.5 Å². The third-order valence-electron chi connectivity index (χ3n) is 3.18. The van der Waals surface area contributed by atoms with Crippen LogP contribution in [-0.2, 0) is 16.1 Å². The maximum Gasteiger partial charge on any atom is 0.329 e. The molecular formula is C17H19NO4. The molecule has 5 heteroatoms. The SMILES string of the molecule is CC(C)[C@H](NC(=O)c1ccco1)C(=O)OCc1ccccc1. The molecule has 1 heterocycles. The van der Waals surface area contributed by atoms with Crippen LogP contribution in [-0.4, -0.2) is 17.9 Å². The quantitative estimate of drug-likeness (QED) is 0.833. The first kappa shape index (κ1) is 15.8. The summed E-state index contributed by atoms with van der Waals surface area (Å²) in [4.78, 5) is 24.2. The van der Waals surface area contributed by atoms with Crippen LogP contribution < -0.4 is 5.32 Å². The monoisotopic (exact) mass is 301 g/mol. The van der Waals surface area contributed by atoms with Gasteiger partial charge in [0, 0.05) is 0 Å². The molecule has 0 aliphatic carbocycles. The standard InChI is InChI=1S/C17H19NO4/c1-12(2)15(18-16(19)14-9-6-10-21-14)17(20)22-11-13-7-4-3-5-8-13/h3-10,12,15H,11H2,1-2H3,(H,18,19)/t15-/m0/s1. The average Bonchev–Trinajstić information content (AvgIpc) is 3.05. The van der Waals surface area contributed by atoms with Crippen LogP contribution in [0.2, 0.25) is 0 Å². The van der Waals surface area contributed by atoms with Crippen molar-refractivity contribution in [2.75, 3.05) is 0 Å². The van der Waals surface area contributed by atoms with Crippen LogP contribution in [0.25, 0.3) is 0 Å². The minimum atomic E-state index is -0.721. The highest BCUT2D eigenvalue weighted by Gasteiger charge is 2.26. The molecule has 0 unspecified atom stereocenters. The lowest BCUT2D eigenvalue weighted by Gasteiger charge is -2.20. The lowest BCUT2D eigenvalue weighted by atomic mass is 10.0. The summed E-state index contributed by atoms with van der Waals surface area (Å²) in [5.74, 6) is -0.817. The zero-order valence-electron chi connectivity index (χ0n) is 12.6. The van der Waals surface area contributed by atoms with Gasteiger partial charge in [-0.1, -0.05) is 44.2 Å². The number of ether oxygens (including phenoxy) is 1. The van der Waals surface area contributed by atoms with Gasteiger partial charge in [-0.3, -0.25) is 4.79 Å². The maximum absolute atomic E-state index is 12.2. The zero-order chi connectivity index (χ0) is 15.9. The Balaban J connectivity index is 1.95. The summed E-state index contributed by atoms with van der Waals surface area (Å²) in [5, 5.41) is 2.65. The van der Waals surface area contributed by atoms with E-state index in [-0.39, 0.29) is 18.3 Å². The van der Waals surface area contributed by atoms with Crippen molar-refractivity contribution in [1.82, 2.24) is 5.32 Å². The van der Waals surface area contributed by atoms with E-state index in [0.717, 1.165) is 5.56 Å². The van der Waals surface area contributed by atoms with Gasteiger partial charge in [0.15, 0.2) is 5.76 Å². The Morgan fingerprint density at radius 3 is 2.45 bits per heavy atom. The Bertz CT molecular complexity index is 605. The minimum absolute atomic E-state index is 0.0952. The van der Waals surface area contributed by atoms with Crippen LogP contribution in [0.3, 0.4) is 0 Å². The Morgan fingerprint density at radius 1 is 1.14 bits per heavy atom. The summed E-state index contributed by atoms with van der Waals surface area (Å²) in [7, 11) is 0. The number of hydrogen-bond acceptors (Lipinski definition) is 4. The van der Waals surface area contributed by atoms with Crippen molar-refractivity contribution in [1.29, 1.82) is 0 Å². The van der Waals surface area contributed by atoms with Gasteiger partial charge in [-0.2, -0.15) is 0 Å². The highest BCUT2D eigenvalue weighted by atomic mass is 16.5. The second-order valence-electron chi connectivity index (χ2n) is 5.27. The molecule has 22 heavy (non-hydrogen) atoms. The first-order valence-electron chi connectivity index (χ1n) is 7.13. The number of furan rings is 1. The van der Waals surface area contributed by atoms with Crippen LogP contribution in [0, 0.1) is 5.92 Å². The summed E-state index contributed by atoms with van der Waals surface area (Å²) < 4.78 is 10.3. The number of rotatable bonds is 6. The summed E-state index contributed by atoms with van der Waals surface area (Å²) >= 11 is 0. The fourth-order valence-corrected chi connectivity index (χ4v) is 1.94. The van der Waals surface area contributed by atoms with E-state index < -0.39 is 17.9 Å². The second kappa shape index (κ2) is 7.45. The van der Waals surface area contributed by atoms with Crippen LogP contribution in [0.5, 0.6) is 0 Å². The number of carbonyl (C=O) groups is 2. The molecule has 0 aliphatic heterocycles. The molecule has 0 fully saturated rings. The average molecular weight is 301 g/mol. The van der Waals surface area contributed by atoms with Crippen LogP contribution in [0.1, 0.15) is 30.0 Å². The van der Waals surface area contributed by atoms with Crippen LogP contribution >= 0.6 is 0 Å². The largest absolute Gasteiger partial charge is 0.459 e. The Hall–Kier alpha value is -2.56. The van der Waals surface area contributed by atoms with Gasteiger partial charge in [-0.25, -0.2) is 4.79 Å². The number of hydrogen-bond donors (Lipinski definition) is 1. The van der Waals surface area contributed by atoms with E-state index >= 15 is 0 Å². The van der Waals surface area contributed by atoms with Gasteiger partial charge in [0.1, 0.15) is 12.6 Å². The Kier molecular flexibility index (Phi) is 5.36. The lowest BCUT2D eigenvalue weighted by Crippen LogP contribution is -2.45. The van der Waals surface area contributed by atoms with Gasteiger partial charge >= 0.3 is 5.97 Å². The highest BCUT2D eigenvalue weighted by Crippen LogP contribution is 2.09. The van der Waals surface area contributed by atoms with Crippen molar-refractivity contribution < 1.29 is 18.7 Å². The molecule has 1 aromatic heterocycles. The number of benzene rings is 1. The fraction of sp³-hybridized carbons (Fsp3) is 0.294. The lowest BCUT2D eigenvalue weighted by molar-refractivity contribution is -0.148. The molecule has 5 nitrogen and oxygen atoms in total. The first-order chi connectivity index (χ1) is 10.6. The molecule has 1 N–H and O–H groups in total. The molecule has 2 aromatic rings. The van der Waals surface area contributed by atoms with E-state index in [1.54, 1.807) is 12.1 Å². The van der Waals surface area contributed by atoms with Crippen molar-refractivity contribution >= 4 is 11.9 Å². The molecule has 0 radical (unpaired) electrons. The molecule has 1 amide bonds. The topological polar surface area (TPSA) is 68.5 Å². The van der Waals surface area contributed by atoms with E-state index in [2.05, 4.69) is 5.32 Å². The molecule has 0 spiro atoms. The van der Waals surface area contributed by atoms with Crippen molar-refractivity contribution in [2.24, 2.45) is 5.92 Å². The van der Waals surface area contributed by atoms with Crippen molar-refractivity contribution in [2.45, 2.75) is 26.5 Å². The molecule has 1 atom stereocenters. The van der Waals surface area contributed by atoms with Crippen molar-refractivity contribution in [3.05, 3.63) is 60.1 Å². The molecular weight excluding hydrogens is 282 g/mol. The molecule has 0 saturated carbocycles. The van der Waals surface area contributed by atoms with Crippen LogP contribution in [0.4, 0.5) is 0 Å². The molecule has 0 aliphatic rings. The second-order valence-corrected chi connectivity index (χ2v) is 5.27. The molecule has 0 bridgehead atoms. The van der Waals surface area contributed by atoms with Gasteiger partial charge in [-0.15, -0.1) is 0 Å². The maximum atomic E-state index is 12.2. The van der Waals surface area contributed by atoms with E-state index in [4.69, 9.17) is 9.15 Å². The number of nitrogens with one attached hydrogen (secondary N) is 1. The Morgan fingerprint density at radius 2 is 1.86 bits per heavy atom. The fourth-order valence-electron chi connectivity index (χ4n) is 1.94. The molecule has 2 rings (SSSR count). The number of amides is 1. The number of carbonyl (C=O) groups excluding carboxylic acids is 2. The smallest absolute Gasteiger partial charge is 0.329 e. The van der Waals surface area contributed by atoms with Crippen LogP contribution in [0.15, 0.2) is 53.1 Å². The Labute approximate surface area is 129 Å². The van der Waals surface area contributed by atoms with Gasteiger partial charge in [0.2, 0.25) is 0 Å². The summed E-state index contributed by atoms with van der Waals surface area (Å²) in [6.45, 7) is 3.87. The summed E-state index contributed by atoms with van der Waals surface area (Å²) in [5.41, 5.74) is 0.899. The molecule has 116 valence electrons. The van der Waals surface area contributed by atoms with Crippen molar-refractivity contribution in [3.8, 4) is 0 Å². The van der Waals surface area contributed by atoms with E-state index in [1.807, 2.05) is 44.2 Å². The number of esters is 1. The van der Waals surface area contributed by atoms with Crippen molar-refractivity contribution in [3.63, 3.8) is 0 Å². The minimum Gasteiger partial charge on any atom is -0.459 e. The predicted octanol–water partition coefficient (Wildman–Crippen LogP) is 2.78. The normalized spacial score (nSPS) is 12.0. The van der Waals surface area contributed by atoms with Gasteiger partial charge in [0.05, 0.1) is 6.26 Å². The van der Waals surface area contributed by atoms with E-state index in [1.165, 1.54) is 6.26 Å². The first-order valence-corrected chi connectivity index (χ1v) is 7.13. The van der Waals surface area contributed by atoms with E-state index in [0.29, 0.717) is 0 Å².